The number of amides is 5. The van der Waals surface area contributed by atoms with E-state index in [2.05, 4.69) is 15.5 Å². The van der Waals surface area contributed by atoms with Crippen molar-refractivity contribution in [2.24, 2.45) is 0 Å². The van der Waals surface area contributed by atoms with E-state index in [4.69, 9.17) is 4.74 Å². The molecule has 4 aliphatic rings. The number of fused-ring (bicyclic) bond motifs is 1. The summed E-state index contributed by atoms with van der Waals surface area (Å²) in [6.07, 6.45) is 5.92. The molecule has 6 rings (SSSR count). The Balaban J connectivity index is 1.06. The molecule has 2 aromatic carbocycles. The lowest BCUT2D eigenvalue weighted by atomic mass is 9.98. The van der Waals surface area contributed by atoms with Crippen LogP contribution in [-0.2, 0) is 16.1 Å². The first-order valence-electron chi connectivity index (χ1n) is 16.4. The van der Waals surface area contributed by atoms with E-state index in [-0.39, 0.29) is 30.3 Å². The minimum absolute atomic E-state index is 0.0139. The number of carbonyl (C=O) groups is 4. The van der Waals surface area contributed by atoms with Gasteiger partial charge in [-0.25, -0.2) is 9.59 Å². The molecule has 4 aliphatic heterocycles. The average Bonchev–Trinajstić information content (AvgIpc) is 3.08. The summed E-state index contributed by atoms with van der Waals surface area (Å²) in [5.74, 6) is -0.0752. The Bertz CT molecular complexity index is 1350. The van der Waals surface area contributed by atoms with Gasteiger partial charge >= 0.3 is 12.1 Å². The standard InChI is InChI=1S/C34H44N6O5/c41-31(38-19-15-27(16-20-38)40-24-25-9-5-6-12-29(25)35-33(40)43)23-30(36-34(44)45-28-10-3-1-4-11-28)32(42)39-21-13-26(14-22-39)37-17-7-2-8-18-37/h1,3-6,9-12,26-27,30H,2,7-8,13-24H2,(H,35,43)(H,36,44)/t30-/m0/s1. The molecule has 0 spiro atoms. The van der Waals surface area contributed by atoms with Gasteiger partial charge < -0.3 is 35.0 Å². The van der Waals surface area contributed by atoms with Gasteiger partial charge in [0.1, 0.15) is 11.8 Å². The maximum atomic E-state index is 13.8. The largest absolute Gasteiger partial charge is 0.413 e. The monoisotopic (exact) mass is 616 g/mol. The van der Waals surface area contributed by atoms with Crippen molar-refractivity contribution in [1.82, 2.24) is 24.9 Å². The summed E-state index contributed by atoms with van der Waals surface area (Å²) in [6.45, 7) is 4.94. The molecule has 0 bridgehead atoms. The Labute approximate surface area is 264 Å². The van der Waals surface area contributed by atoms with Crippen LogP contribution in [0.2, 0.25) is 0 Å². The molecule has 3 fully saturated rings. The van der Waals surface area contributed by atoms with Gasteiger partial charge in [-0.05, 0) is 75.4 Å². The van der Waals surface area contributed by atoms with Crippen LogP contribution in [0.5, 0.6) is 5.75 Å². The summed E-state index contributed by atoms with van der Waals surface area (Å²) in [5.41, 5.74) is 1.92. The summed E-state index contributed by atoms with van der Waals surface area (Å²) in [7, 11) is 0. The Morgan fingerprint density at radius 2 is 1.44 bits per heavy atom. The quantitative estimate of drug-likeness (QED) is 0.485. The summed E-state index contributed by atoms with van der Waals surface area (Å²) in [4.78, 5) is 61.0. The number of carbonyl (C=O) groups excluding carboxylic acids is 4. The van der Waals surface area contributed by atoms with Gasteiger partial charge in [-0.1, -0.05) is 42.8 Å². The molecule has 2 aromatic rings. The number of rotatable bonds is 7. The average molecular weight is 617 g/mol. The number of nitrogens with one attached hydrogen (secondary N) is 2. The molecule has 0 unspecified atom stereocenters. The smallest absolute Gasteiger partial charge is 0.410 e. The van der Waals surface area contributed by atoms with Gasteiger partial charge in [0, 0.05) is 50.5 Å². The van der Waals surface area contributed by atoms with E-state index in [9.17, 15) is 19.2 Å². The minimum atomic E-state index is -1.03. The second-order valence-corrected chi connectivity index (χ2v) is 12.6. The number of likely N-dealkylation sites (tertiary alicyclic amines) is 3. The Morgan fingerprint density at radius 1 is 0.800 bits per heavy atom. The predicted molar refractivity (Wildman–Crippen MR) is 170 cm³/mol. The van der Waals surface area contributed by atoms with Crippen LogP contribution in [0.15, 0.2) is 54.6 Å². The van der Waals surface area contributed by atoms with E-state index in [0.29, 0.717) is 57.4 Å². The van der Waals surface area contributed by atoms with E-state index in [1.54, 1.807) is 34.1 Å². The zero-order valence-corrected chi connectivity index (χ0v) is 25.9. The fraction of sp³-hybridized carbons (Fsp3) is 0.529. The van der Waals surface area contributed by atoms with Gasteiger partial charge in [0.05, 0.1) is 6.42 Å². The SMILES string of the molecule is O=C(N[C@@H](CC(=O)N1CCC(N2Cc3ccccc3NC2=O)CC1)C(=O)N1CCC(N2CCCCC2)CC1)Oc1ccccc1. The second kappa shape index (κ2) is 14.3. The van der Waals surface area contributed by atoms with E-state index < -0.39 is 12.1 Å². The normalized spacial score (nSPS) is 20.6. The molecule has 5 amide bonds. The lowest BCUT2D eigenvalue weighted by molar-refractivity contribution is -0.140. The van der Waals surface area contributed by atoms with Crippen molar-refractivity contribution in [2.75, 3.05) is 44.6 Å². The minimum Gasteiger partial charge on any atom is -0.410 e. The molecular formula is C34H44N6O5. The molecule has 0 aliphatic carbocycles. The zero-order valence-electron chi connectivity index (χ0n) is 25.9. The van der Waals surface area contributed by atoms with Crippen LogP contribution in [0.25, 0.3) is 0 Å². The van der Waals surface area contributed by atoms with Gasteiger partial charge in [-0.15, -0.1) is 0 Å². The summed E-state index contributed by atoms with van der Waals surface area (Å²) >= 11 is 0. The molecule has 1 atom stereocenters. The number of ether oxygens (including phenoxy) is 1. The molecule has 4 heterocycles. The summed E-state index contributed by atoms with van der Waals surface area (Å²) in [6, 6.07) is 15.8. The van der Waals surface area contributed by atoms with Crippen LogP contribution in [-0.4, -0.2) is 101 Å². The van der Waals surface area contributed by atoms with Crippen LogP contribution >= 0.6 is 0 Å². The van der Waals surface area contributed by atoms with Crippen LogP contribution < -0.4 is 15.4 Å². The zero-order chi connectivity index (χ0) is 31.2. The Kier molecular flexibility index (Phi) is 9.83. The lowest BCUT2D eigenvalue weighted by Gasteiger charge is -2.41. The highest BCUT2D eigenvalue weighted by molar-refractivity contribution is 5.93. The van der Waals surface area contributed by atoms with Crippen molar-refractivity contribution in [1.29, 1.82) is 0 Å². The molecule has 0 radical (unpaired) electrons. The molecule has 3 saturated heterocycles. The number of anilines is 1. The number of urea groups is 1. The first-order chi connectivity index (χ1) is 21.9. The fourth-order valence-corrected chi connectivity index (χ4v) is 7.17. The van der Waals surface area contributed by atoms with Gasteiger partial charge in [0.15, 0.2) is 0 Å². The van der Waals surface area contributed by atoms with Crippen LogP contribution in [0.1, 0.15) is 56.9 Å². The molecule has 11 heteroatoms. The number of benzene rings is 2. The summed E-state index contributed by atoms with van der Waals surface area (Å²) in [5, 5.41) is 5.69. The van der Waals surface area contributed by atoms with E-state index >= 15 is 0 Å². The number of nitrogens with zero attached hydrogens (tertiary/aromatic N) is 4. The first kappa shape index (κ1) is 30.9. The summed E-state index contributed by atoms with van der Waals surface area (Å²) < 4.78 is 5.43. The van der Waals surface area contributed by atoms with Crippen molar-refractivity contribution in [3.63, 3.8) is 0 Å². The van der Waals surface area contributed by atoms with Gasteiger partial charge in [-0.3, -0.25) is 9.59 Å². The van der Waals surface area contributed by atoms with Crippen LogP contribution in [0, 0.1) is 0 Å². The third-order valence-corrected chi connectivity index (χ3v) is 9.72. The molecule has 0 aromatic heterocycles. The van der Waals surface area contributed by atoms with Crippen molar-refractivity contribution < 1.29 is 23.9 Å². The Hall–Kier alpha value is -4.12. The van der Waals surface area contributed by atoms with Crippen molar-refractivity contribution in [3.05, 3.63) is 60.2 Å². The molecule has 240 valence electrons. The van der Waals surface area contributed by atoms with E-state index in [1.165, 1.54) is 19.3 Å². The van der Waals surface area contributed by atoms with Gasteiger partial charge in [0.2, 0.25) is 11.8 Å². The third-order valence-electron chi connectivity index (χ3n) is 9.72. The predicted octanol–water partition coefficient (Wildman–Crippen LogP) is 4.05. The first-order valence-corrected chi connectivity index (χ1v) is 16.4. The van der Waals surface area contributed by atoms with Gasteiger partial charge in [-0.2, -0.15) is 0 Å². The van der Waals surface area contributed by atoms with Crippen LogP contribution in [0.4, 0.5) is 15.3 Å². The molecule has 45 heavy (non-hydrogen) atoms. The highest BCUT2D eigenvalue weighted by Gasteiger charge is 2.36. The second-order valence-electron chi connectivity index (χ2n) is 12.6. The Morgan fingerprint density at radius 3 is 2.18 bits per heavy atom. The molecular weight excluding hydrogens is 572 g/mol. The maximum absolute atomic E-state index is 13.8. The number of hydrogen-bond acceptors (Lipinski definition) is 6. The van der Waals surface area contributed by atoms with E-state index in [1.807, 2.05) is 35.2 Å². The number of hydrogen-bond donors (Lipinski definition) is 2. The van der Waals surface area contributed by atoms with E-state index in [0.717, 1.165) is 37.2 Å². The molecule has 2 N–H and O–H groups in total. The number of piperidine rings is 3. The highest BCUT2D eigenvalue weighted by atomic mass is 16.6. The lowest BCUT2D eigenvalue weighted by Crippen LogP contribution is -2.56. The van der Waals surface area contributed by atoms with Gasteiger partial charge in [0.25, 0.3) is 0 Å². The molecule has 0 saturated carbocycles. The van der Waals surface area contributed by atoms with Crippen molar-refractivity contribution in [3.8, 4) is 5.75 Å². The topological polar surface area (TPSA) is 115 Å². The maximum Gasteiger partial charge on any atom is 0.413 e. The van der Waals surface area contributed by atoms with Crippen LogP contribution in [0.3, 0.4) is 0 Å². The van der Waals surface area contributed by atoms with Crippen molar-refractivity contribution in [2.45, 2.75) is 76.0 Å². The molecule has 11 nitrogen and oxygen atoms in total. The highest BCUT2D eigenvalue weighted by Crippen LogP contribution is 2.28. The number of para-hydroxylation sites is 2. The van der Waals surface area contributed by atoms with Crippen molar-refractivity contribution >= 4 is 29.6 Å². The fourth-order valence-electron chi connectivity index (χ4n) is 7.17. The third kappa shape index (κ3) is 7.58.